The van der Waals surface area contributed by atoms with Gasteiger partial charge in [0, 0.05) is 5.69 Å². The highest BCUT2D eigenvalue weighted by Crippen LogP contribution is 2.23. The molecule has 0 saturated carbocycles. The number of quaternary nitrogens is 1. The molecule has 126 valence electrons. The number of anilines is 1. The molecule has 2 atom stereocenters. The van der Waals surface area contributed by atoms with Crippen LogP contribution in [0.5, 0.6) is 0 Å². The van der Waals surface area contributed by atoms with Crippen molar-refractivity contribution in [1.82, 2.24) is 4.90 Å². The average Bonchev–Trinajstić information content (AvgIpc) is 2.58. The van der Waals surface area contributed by atoms with Crippen LogP contribution in [-0.4, -0.2) is 36.7 Å². The number of likely N-dealkylation sites (N-methyl/N-ethyl adjacent to an activating group) is 1. The third-order valence-electron chi connectivity index (χ3n) is 4.78. The highest BCUT2D eigenvalue weighted by molar-refractivity contribution is 7.80. The Kier molecular flexibility index (Phi) is 5.17. The van der Waals surface area contributed by atoms with Gasteiger partial charge in [-0.15, -0.1) is 0 Å². The summed E-state index contributed by atoms with van der Waals surface area (Å²) < 4.78 is 0. The molecule has 0 radical (unpaired) electrons. The molecule has 3 nitrogen and oxygen atoms in total. The monoisotopic (exact) mass is 340 g/mol. The molecule has 0 bridgehead atoms. The molecular weight excluding hydrogens is 314 g/mol. The van der Waals surface area contributed by atoms with Gasteiger partial charge in [-0.1, -0.05) is 42.5 Å². The van der Waals surface area contributed by atoms with Crippen LogP contribution in [0.3, 0.4) is 0 Å². The first-order valence-corrected chi connectivity index (χ1v) is 8.96. The van der Waals surface area contributed by atoms with Crippen molar-refractivity contribution in [2.24, 2.45) is 0 Å². The largest absolute Gasteiger partial charge is 0.334 e. The lowest BCUT2D eigenvalue weighted by Gasteiger charge is -2.39. The van der Waals surface area contributed by atoms with Crippen molar-refractivity contribution in [1.29, 1.82) is 0 Å². The predicted molar refractivity (Wildman–Crippen MR) is 105 cm³/mol. The average molecular weight is 341 g/mol. The topological polar surface area (TPSA) is 19.7 Å². The Morgan fingerprint density at radius 3 is 2.67 bits per heavy atom. The Balaban J connectivity index is 1.82. The SMILES string of the molecule is Cc1ccc(C)c(NC(=S)N2CC[NH+](C)C[C@H]2c2ccccc2)c1. The van der Waals surface area contributed by atoms with Crippen LogP contribution < -0.4 is 10.2 Å². The fraction of sp³-hybridized carbons (Fsp3) is 0.350. The van der Waals surface area contributed by atoms with Gasteiger partial charge >= 0.3 is 0 Å². The lowest BCUT2D eigenvalue weighted by molar-refractivity contribution is -0.887. The van der Waals surface area contributed by atoms with Crippen molar-refractivity contribution in [2.45, 2.75) is 19.9 Å². The summed E-state index contributed by atoms with van der Waals surface area (Å²) >= 11 is 5.78. The van der Waals surface area contributed by atoms with Crippen LogP contribution in [0.25, 0.3) is 0 Å². The number of nitrogens with one attached hydrogen (secondary N) is 2. The van der Waals surface area contributed by atoms with Crippen molar-refractivity contribution >= 4 is 23.0 Å². The van der Waals surface area contributed by atoms with Crippen LogP contribution in [0.2, 0.25) is 0 Å². The van der Waals surface area contributed by atoms with E-state index < -0.39 is 0 Å². The summed E-state index contributed by atoms with van der Waals surface area (Å²) in [7, 11) is 2.26. The van der Waals surface area contributed by atoms with E-state index in [0.29, 0.717) is 6.04 Å². The lowest BCUT2D eigenvalue weighted by atomic mass is 10.0. The van der Waals surface area contributed by atoms with Gasteiger partial charge in [-0.25, -0.2) is 0 Å². The third-order valence-corrected chi connectivity index (χ3v) is 5.11. The number of thiocarbonyl (C=S) groups is 1. The number of hydrogen-bond acceptors (Lipinski definition) is 1. The van der Waals surface area contributed by atoms with Gasteiger partial charge in [0.15, 0.2) is 5.11 Å². The zero-order chi connectivity index (χ0) is 17.1. The van der Waals surface area contributed by atoms with E-state index in [4.69, 9.17) is 12.2 Å². The van der Waals surface area contributed by atoms with Crippen LogP contribution in [0.1, 0.15) is 22.7 Å². The van der Waals surface area contributed by atoms with E-state index in [1.54, 1.807) is 4.90 Å². The Morgan fingerprint density at radius 1 is 1.17 bits per heavy atom. The molecule has 2 aromatic carbocycles. The van der Waals surface area contributed by atoms with Gasteiger partial charge < -0.3 is 15.1 Å². The summed E-state index contributed by atoms with van der Waals surface area (Å²) in [5, 5.41) is 4.31. The Bertz CT molecular complexity index is 714. The molecule has 24 heavy (non-hydrogen) atoms. The van der Waals surface area contributed by atoms with Gasteiger partial charge in [0.1, 0.15) is 12.6 Å². The minimum absolute atomic E-state index is 0.324. The summed E-state index contributed by atoms with van der Waals surface area (Å²) in [6.07, 6.45) is 0. The Morgan fingerprint density at radius 2 is 1.92 bits per heavy atom. The molecule has 1 saturated heterocycles. The fourth-order valence-corrected chi connectivity index (χ4v) is 3.61. The number of benzene rings is 2. The summed E-state index contributed by atoms with van der Waals surface area (Å²) in [4.78, 5) is 3.90. The molecule has 1 fully saturated rings. The first-order valence-electron chi connectivity index (χ1n) is 8.55. The Labute approximate surface area is 150 Å². The van der Waals surface area contributed by atoms with Crippen molar-refractivity contribution in [3.63, 3.8) is 0 Å². The summed E-state index contributed by atoms with van der Waals surface area (Å²) in [5.41, 5.74) is 4.91. The van der Waals surface area contributed by atoms with Gasteiger partial charge in [0.05, 0.1) is 20.1 Å². The second kappa shape index (κ2) is 7.32. The van der Waals surface area contributed by atoms with Crippen LogP contribution in [-0.2, 0) is 0 Å². The van der Waals surface area contributed by atoms with Crippen molar-refractivity contribution in [2.75, 3.05) is 32.0 Å². The minimum atomic E-state index is 0.324. The molecule has 0 spiro atoms. The maximum Gasteiger partial charge on any atom is 0.174 e. The van der Waals surface area contributed by atoms with E-state index >= 15 is 0 Å². The van der Waals surface area contributed by atoms with Crippen molar-refractivity contribution < 1.29 is 4.90 Å². The maximum atomic E-state index is 5.78. The van der Waals surface area contributed by atoms with E-state index in [1.165, 1.54) is 16.7 Å². The van der Waals surface area contributed by atoms with E-state index in [9.17, 15) is 0 Å². The van der Waals surface area contributed by atoms with E-state index in [0.717, 1.165) is 30.4 Å². The normalized spacial score (nSPS) is 20.7. The van der Waals surface area contributed by atoms with Gasteiger partial charge in [-0.3, -0.25) is 0 Å². The number of aryl methyl sites for hydroxylation is 2. The van der Waals surface area contributed by atoms with Gasteiger partial charge in [0.2, 0.25) is 0 Å². The van der Waals surface area contributed by atoms with E-state index in [2.05, 4.69) is 79.6 Å². The minimum Gasteiger partial charge on any atom is -0.334 e. The number of nitrogens with zero attached hydrogens (tertiary/aromatic N) is 1. The van der Waals surface area contributed by atoms with Crippen molar-refractivity contribution in [3.8, 4) is 0 Å². The third kappa shape index (κ3) is 3.77. The van der Waals surface area contributed by atoms with Crippen LogP contribution in [0.15, 0.2) is 48.5 Å². The molecular formula is C20H26N3S+. The highest BCUT2D eigenvalue weighted by Gasteiger charge is 2.31. The van der Waals surface area contributed by atoms with Gasteiger partial charge in [-0.05, 0) is 48.8 Å². The Hall–Kier alpha value is -1.91. The predicted octanol–water partition coefficient (Wildman–Crippen LogP) is 2.57. The molecule has 2 aromatic rings. The quantitative estimate of drug-likeness (QED) is 0.820. The molecule has 3 rings (SSSR count). The standard InChI is InChI=1S/C20H25N3S/c1-15-9-10-16(2)18(13-15)21-20(24)23-12-11-22(3)14-19(23)17-7-5-4-6-8-17/h4-10,13,19H,11-12,14H2,1-3H3,(H,21,24)/p+1/t19-/m0/s1. The van der Waals surface area contributed by atoms with Crippen LogP contribution >= 0.6 is 12.2 Å². The zero-order valence-electron chi connectivity index (χ0n) is 14.7. The molecule has 2 N–H and O–H groups in total. The van der Waals surface area contributed by atoms with Gasteiger partial charge in [-0.2, -0.15) is 0 Å². The van der Waals surface area contributed by atoms with E-state index in [-0.39, 0.29) is 0 Å². The van der Waals surface area contributed by atoms with Crippen molar-refractivity contribution in [3.05, 3.63) is 65.2 Å². The maximum absolute atomic E-state index is 5.78. The van der Waals surface area contributed by atoms with Gasteiger partial charge in [0.25, 0.3) is 0 Å². The first kappa shape index (κ1) is 16.9. The summed E-state index contributed by atoms with van der Waals surface area (Å²) in [6, 6.07) is 17.5. The summed E-state index contributed by atoms with van der Waals surface area (Å²) in [5.74, 6) is 0. The second-order valence-electron chi connectivity index (χ2n) is 6.78. The fourth-order valence-electron chi connectivity index (χ4n) is 3.28. The molecule has 0 aliphatic carbocycles. The lowest BCUT2D eigenvalue weighted by Crippen LogP contribution is -3.12. The second-order valence-corrected chi connectivity index (χ2v) is 7.17. The molecule has 1 unspecified atom stereocenters. The molecule has 1 aliphatic heterocycles. The molecule has 1 aliphatic rings. The van der Waals surface area contributed by atoms with Crippen LogP contribution in [0.4, 0.5) is 5.69 Å². The summed E-state index contributed by atoms with van der Waals surface area (Å²) in [6.45, 7) is 7.38. The molecule has 4 heteroatoms. The molecule has 0 amide bonds. The smallest absolute Gasteiger partial charge is 0.174 e. The molecule has 0 aromatic heterocycles. The number of piperazine rings is 1. The van der Waals surface area contributed by atoms with Crippen LogP contribution in [0, 0.1) is 13.8 Å². The number of hydrogen-bond donors (Lipinski definition) is 2. The zero-order valence-corrected chi connectivity index (χ0v) is 15.5. The number of rotatable bonds is 2. The van der Waals surface area contributed by atoms with E-state index in [1.807, 2.05) is 0 Å². The molecule has 1 heterocycles. The highest BCUT2D eigenvalue weighted by atomic mass is 32.1. The first-order chi connectivity index (χ1) is 11.5.